The first-order valence-corrected chi connectivity index (χ1v) is 5.18. The summed E-state index contributed by atoms with van der Waals surface area (Å²) < 4.78 is 5.16. The summed E-state index contributed by atoms with van der Waals surface area (Å²) in [6, 6.07) is 9.25. The van der Waals surface area contributed by atoms with E-state index in [9.17, 15) is 4.79 Å². The first kappa shape index (κ1) is 9.84. The molecule has 84 valence electrons. The molecule has 0 bridgehead atoms. The number of benzene rings is 1. The Morgan fingerprint density at radius 2 is 2.06 bits per heavy atom. The van der Waals surface area contributed by atoms with Gasteiger partial charge in [0.1, 0.15) is 0 Å². The van der Waals surface area contributed by atoms with E-state index in [1.807, 2.05) is 31.2 Å². The maximum absolute atomic E-state index is 10.8. The van der Waals surface area contributed by atoms with Crippen molar-refractivity contribution in [2.75, 3.05) is 0 Å². The van der Waals surface area contributed by atoms with Crippen molar-refractivity contribution in [3.8, 4) is 0 Å². The van der Waals surface area contributed by atoms with E-state index >= 15 is 0 Å². The summed E-state index contributed by atoms with van der Waals surface area (Å²) in [5, 5.41) is 10.5. The van der Waals surface area contributed by atoms with Crippen molar-refractivity contribution >= 4 is 28.0 Å². The van der Waals surface area contributed by atoms with Gasteiger partial charge in [0.05, 0.1) is 5.52 Å². The SMILES string of the molecule is Cc1ccc2nc3oc(C(=O)O)cc3cc2c1. The van der Waals surface area contributed by atoms with Crippen molar-refractivity contribution in [3.05, 3.63) is 41.7 Å². The van der Waals surface area contributed by atoms with Crippen LogP contribution in [0.5, 0.6) is 0 Å². The number of aromatic carboxylic acids is 1. The first-order valence-electron chi connectivity index (χ1n) is 5.18. The molecular formula is C13H9NO3. The lowest BCUT2D eigenvalue weighted by Crippen LogP contribution is -1.91. The molecule has 0 aliphatic carbocycles. The van der Waals surface area contributed by atoms with Gasteiger partial charge in [-0.05, 0) is 25.1 Å². The molecule has 17 heavy (non-hydrogen) atoms. The second kappa shape index (κ2) is 3.31. The fourth-order valence-corrected chi connectivity index (χ4v) is 1.86. The number of rotatable bonds is 1. The minimum Gasteiger partial charge on any atom is -0.475 e. The smallest absolute Gasteiger partial charge is 0.371 e. The summed E-state index contributed by atoms with van der Waals surface area (Å²) in [6.45, 7) is 2.00. The fourth-order valence-electron chi connectivity index (χ4n) is 1.86. The van der Waals surface area contributed by atoms with Gasteiger partial charge in [-0.2, -0.15) is 0 Å². The Bertz CT molecular complexity index is 743. The van der Waals surface area contributed by atoms with Crippen LogP contribution in [0.2, 0.25) is 0 Å². The average molecular weight is 227 g/mol. The molecule has 0 amide bonds. The molecule has 0 spiro atoms. The predicted molar refractivity (Wildman–Crippen MR) is 63.2 cm³/mol. The highest BCUT2D eigenvalue weighted by atomic mass is 16.4. The highest BCUT2D eigenvalue weighted by Gasteiger charge is 2.11. The van der Waals surface area contributed by atoms with Crippen molar-refractivity contribution in [2.24, 2.45) is 0 Å². The third-order valence-electron chi connectivity index (χ3n) is 2.67. The molecule has 1 N–H and O–H groups in total. The first-order chi connectivity index (χ1) is 8.13. The summed E-state index contributed by atoms with van der Waals surface area (Å²) >= 11 is 0. The van der Waals surface area contributed by atoms with E-state index < -0.39 is 5.97 Å². The highest BCUT2D eigenvalue weighted by molar-refractivity contribution is 5.95. The molecule has 0 radical (unpaired) electrons. The van der Waals surface area contributed by atoms with Crippen molar-refractivity contribution in [1.82, 2.24) is 4.98 Å². The van der Waals surface area contributed by atoms with Crippen LogP contribution in [0.3, 0.4) is 0 Å². The van der Waals surface area contributed by atoms with Crippen molar-refractivity contribution < 1.29 is 14.3 Å². The van der Waals surface area contributed by atoms with Gasteiger partial charge in [0.2, 0.25) is 11.5 Å². The summed E-state index contributed by atoms with van der Waals surface area (Å²) in [4.78, 5) is 15.1. The predicted octanol–water partition coefficient (Wildman–Crippen LogP) is 2.99. The van der Waals surface area contributed by atoms with E-state index in [2.05, 4.69) is 4.98 Å². The van der Waals surface area contributed by atoms with E-state index in [0.29, 0.717) is 11.1 Å². The Morgan fingerprint density at radius 1 is 1.24 bits per heavy atom. The van der Waals surface area contributed by atoms with Gasteiger partial charge in [-0.15, -0.1) is 0 Å². The Labute approximate surface area is 96.5 Å². The van der Waals surface area contributed by atoms with Crippen LogP contribution in [0.1, 0.15) is 16.1 Å². The number of nitrogens with zero attached hydrogens (tertiary/aromatic N) is 1. The van der Waals surface area contributed by atoms with E-state index in [-0.39, 0.29) is 5.76 Å². The molecule has 0 saturated carbocycles. The molecule has 0 atom stereocenters. The van der Waals surface area contributed by atoms with Gasteiger partial charge < -0.3 is 9.52 Å². The molecule has 2 heterocycles. The lowest BCUT2D eigenvalue weighted by atomic mass is 10.1. The number of hydrogen-bond donors (Lipinski definition) is 1. The zero-order chi connectivity index (χ0) is 12.0. The standard InChI is InChI=1S/C13H9NO3/c1-7-2-3-10-8(4-7)5-9-6-11(13(15)16)17-12(9)14-10/h2-6H,1H3,(H,15,16). The molecule has 0 unspecified atom stereocenters. The quantitative estimate of drug-likeness (QED) is 0.694. The zero-order valence-corrected chi connectivity index (χ0v) is 9.10. The Kier molecular flexibility index (Phi) is 1.92. The van der Waals surface area contributed by atoms with Crippen LogP contribution in [-0.4, -0.2) is 16.1 Å². The monoisotopic (exact) mass is 227 g/mol. The van der Waals surface area contributed by atoms with Gasteiger partial charge in [-0.1, -0.05) is 11.6 Å². The minimum atomic E-state index is -1.08. The molecule has 4 nitrogen and oxygen atoms in total. The number of carboxylic acids is 1. The maximum Gasteiger partial charge on any atom is 0.371 e. The van der Waals surface area contributed by atoms with Crippen molar-refractivity contribution in [2.45, 2.75) is 6.92 Å². The molecule has 1 aromatic carbocycles. The third kappa shape index (κ3) is 1.54. The third-order valence-corrected chi connectivity index (χ3v) is 2.67. The summed E-state index contributed by atoms with van der Waals surface area (Å²) in [5.74, 6) is -1.16. The molecule has 2 aromatic heterocycles. The lowest BCUT2D eigenvalue weighted by molar-refractivity contribution is 0.0664. The average Bonchev–Trinajstić information content (AvgIpc) is 2.68. The Morgan fingerprint density at radius 3 is 2.82 bits per heavy atom. The second-order valence-electron chi connectivity index (χ2n) is 3.99. The number of pyridine rings is 1. The minimum absolute atomic E-state index is 0.0838. The highest BCUT2D eigenvalue weighted by Crippen LogP contribution is 2.23. The number of hydrogen-bond acceptors (Lipinski definition) is 3. The molecule has 3 aromatic rings. The molecule has 4 heteroatoms. The maximum atomic E-state index is 10.8. The number of carboxylic acid groups (broad SMARTS) is 1. The van der Waals surface area contributed by atoms with Crippen molar-refractivity contribution in [1.29, 1.82) is 0 Å². The lowest BCUT2D eigenvalue weighted by Gasteiger charge is -1.98. The van der Waals surface area contributed by atoms with Crippen LogP contribution < -0.4 is 0 Å². The Balaban J connectivity index is 2.36. The molecule has 0 aliphatic rings. The zero-order valence-electron chi connectivity index (χ0n) is 9.10. The largest absolute Gasteiger partial charge is 0.475 e. The van der Waals surface area contributed by atoms with Crippen LogP contribution in [0.4, 0.5) is 0 Å². The van der Waals surface area contributed by atoms with Gasteiger partial charge in [-0.3, -0.25) is 0 Å². The van der Waals surface area contributed by atoms with Crippen LogP contribution in [0.25, 0.3) is 22.0 Å². The molecular weight excluding hydrogens is 218 g/mol. The van der Waals surface area contributed by atoms with Gasteiger partial charge in [-0.25, -0.2) is 9.78 Å². The topological polar surface area (TPSA) is 63.3 Å². The van der Waals surface area contributed by atoms with Crippen LogP contribution in [0, 0.1) is 6.92 Å². The van der Waals surface area contributed by atoms with E-state index in [1.54, 1.807) is 0 Å². The number of furan rings is 1. The molecule has 0 saturated heterocycles. The van der Waals surface area contributed by atoms with Gasteiger partial charge in [0.25, 0.3) is 0 Å². The number of aryl methyl sites for hydroxylation is 1. The summed E-state index contributed by atoms with van der Waals surface area (Å²) in [7, 11) is 0. The fraction of sp³-hybridized carbons (Fsp3) is 0.0769. The van der Waals surface area contributed by atoms with Gasteiger partial charge in [0.15, 0.2) is 0 Å². The molecule has 0 fully saturated rings. The number of carbonyl (C=O) groups is 1. The second-order valence-corrected chi connectivity index (χ2v) is 3.99. The van der Waals surface area contributed by atoms with Crippen LogP contribution in [0.15, 0.2) is 34.7 Å². The van der Waals surface area contributed by atoms with Crippen LogP contribution >= 0.6 is 0 Å². The van der Waals surface area contributed by atoms with Gasteiger partial charge in [0, 0.05) is 16.8 Å². The number of aromatic nitrogens is 1. The molecule has 3 rings (SSSR count). The van der Waals surface area contributed by atoms with E-state index in [0.717, 1.165) is 16.5 Å². The number of fused-ring (bicyclic) bond motifs is 2. The van der Waals surface area contributed by atoms with Crippen LogP contribution in [-0.2, 0) is 0 Å². The van der Waals surface area contributed by atoms with E-state index in [4.69, 9.17) is 9.52 Å². The summed E-state index contributed by atoms with van der Waals surface area (Å²) in [5.41, 5.74) is 2.30. The van der Waals surface area contributed by atoms with E-state index in [1.165, 1.54) is 6.07 Å². The van der Waals surface area contributed by atoms with Crippen molar-refractivity contribution in [3.63, 3.8) is 0 Å². The summed E-state index contributed by atoms with van der Waals surface area (Å²) in [6.07, 6.45) is 0. The normalized spacial score (nSPS) is 11.1. The molecule has 0 aliphatic heterocycles. The Hall–Kier alpha value is -2.36. The van der Waals surface area contributed by atoms with Gasteiger partial charge >= 0.3 is 5.97 Å².